The van der Waals surface area contributed by atoms with E-state index in [-0.39, 0.29) is 19.3 Å². The van der Waals surface area contributed by atoms with Gasteiger partial charge in [-0.25, -0.2) is 9.59 Å². The van der Waals surface area contributed by atoms with Gasteiger partial charge in [0.1, 0.15) is 18.8 Å². The normalized spacial score (nSPS) is 19.8. The smallest absolute Gasteiger partial charge is 0.410 e. The van der Waals surface area contributed by atoms with Gasteiger partial charge in [0.15, 0.2) is 0 Å². The Labute approximate surface area is 153 Å². The lowest BCUT2D eigenvalue weighted by molar-refractivity contribution is -0.157. The van der Waals surface area contributed by atoms with Gasteiger partial charge >= 0.3 is 18.0 Å². The van der Waals surface area contributed by atoms with E-state index in [1.807, 2.05) is 30.3 Å². The first kappa shape index (κ1) is 19.8. The number of hydrogen-bond donors (Lipinski definition) is 0. The predicted octanol–water partition coefficient (Wildman–Crippen LogP) is 2.67. The Kier molecular flexibility index (Phi) is 7.00. The van der Waals surface area contributed by atoms with Crippen molar-refractivity contribution in [3.8, 4) is 0 Å². The average Bonchev–Trinajstić information content (AvgIpc) is 2.59. The zero-order valence-electron chi connectivity index (χ0n) is 15.3. The van der Waals surface area contributed by atoms with Gasteiger partial charge in [0.25, 0.3) is 0 Å². The number of carbonyl (C=O) groups excluding carboxylic acids is 3. The van der Waals surface area contributed by atoms with E-state index in [0.29, 0.717) is 12.8 Å². The molecule has 0 saturated carbocycles. The standard InChI is InChI=1S/C19H25NO6/c1-13(2)25-19(23)20-11-16(26-14(3)21)9-10-17(20)18(22)24-12-15-7-5-4-6-8-15/h4-8,13,16-17H,9-12H2,1-3H3/t16-,17+/m1/s1. The number of rotatable bonds is 5. The van der Waals surface area contributed by atoms with E-state index in [1.54, 1.807) is 13.8 Å². The summed E-state index contributed by atoms with van der Waals surface area (Å²) < 4.78 is 15.8. The van der Waals surface area contributed by atoms with E-state index in [2.05, 4.69) is 0 Å². The van der Waals surface area contributed by atoms with E-state index >= 15 is 0 Å². The fraction of sp³-hybridized carbons (Fsp3) is 0.526. The molecule has 7 nitrogen and oxygen atoms in total. The van der Waals surface area contributed by atoms with E-state index in [1.165, 1.54) is 11.8 Å². The van der Waals surface area contributed by atoms with Crippen LogP contribution in [0.1, 0.15) is 39.2 Å². The quantitative estimate of drug-likeness (QED) is 0.591. The number of likely N-dealkylation sites (tertiary alicyclic amines) is 1. The number of ether oxygens (including phenoxy) is 3. The molecule has 1 fully saturated rings. The van der Waals surface area contributed by atoms with Crippen LogP contribution in [-0.4, -0.2) is 47.7 Å². The van der Waals surface area contributed by atoms with E-state index in [4.69, 9.17) is 14.2 Å². The third-order valence-electron chi connectivity index (χ3n) is 3.94. The first-order chi connectivity index (χ1) is 12.4. The second-order valence-corrected chi connectivity index (χ2v) is 6.50. The molecule has 1 aliphatic rings. The molecule has 0 spiro atoms. The largest absolute Gasteiger partial charge is 0.461 e. The van der Waals surface area contributed by atoms with E-state index in [9.17, 15) is 14.4 Å². The van der Waals surface area contributed by atoms with Crippen LogP contribution in [0.4, 0.5) is 4.79 Å². The highest BCUT2D eigenvalue weighted by molar-refractivity contribution is 5.82. The summed E-state index contributed by atoms with van der Waals surface area (Å²) in [6.45, 7) is 5.02. The van der Waals surface area contributed by atoms with Crippen molar-refractivity contribution < 1.29 is 28.6 Å². The topological polar surface area (TPSA) is 82.1 Å². The number of carbonyl (C=O) groups is 3. The van der Waals surface area contributed by atoms with Crippen LogP contribution in [-0.2, 0) is 30.4 Å². The lowest BCUT2D eigenvalue weighted by atomic mass is 10.0. The van der Waals surface area contributed by atoms with E-state index < -0.39 is 30.2 Å². The lowest BCUT2D eigenvalue weighted by Crippen LogP contribution is -2.53. The van der Waals surface area contributed by atoms with Gasteiger partial charge in [-0.15, -0.1) is 0 Å². The van der Waals surface area contributed by atoms with Crippen LogP contribution in [0.2, 0.25) is 0 Å². The molecule has 1 aliphatic heterocycles. The first-order valence-corrected chi connectivity index (χ1v) is 8.72. The van der Waals surface area contributed by atoms with Gasteiger partial charge in [-0.1, -0.05) is 30.3 Å². The Morgan fingerprint density at radius 2 is 1.85 bits per heavy atom. The van der Waals surface area contributed by atoms with Crippen molar-refractivity contribution in [3.63, 3.8) is 0 Å². The Hall–Kier alpha value is -2.57. The van der Waals surface area contributed by atoms with Crippen molar-refractivity contribution in [1.82, 2.24) is 4.90 Å². The minimum atomic E-state index is -0.753. The molecule has 0 radical (unpaired) electrons. The predicted molar refractivity (Wildman–Crippen MR) is 93.1 cm³/mol. The monoisotopic (exact) mass is 363 g/mol. The molecular weight excluding hydrogens is 338 g/mol. The zero-order chi connectivity index (χ0) is 19.1. The van der Waals surface area contributed by atoms with Crippen LogP contribution in [0.3, 0.4) is 0 Å². The maximum atomic E-state index is 12.5. The number of amides is 1. The number of esters is 2. The molecule has 142 valence electrons. The Balaban J connectivity index is 2.03. The summed E-state index contributed by atoms with van der Waals surface area (Å²) in [6, 6.07) is 8.56. The minimum Gasteiger partial charge on any atom is -0.461 e. The summed E-state index contributed by atoms with van der Waals surface area (Å²) in [5.41, 5.74) is 0.866. The summed E-state index contributed by atoms with van der Waals surface area (Å²) in [7, 11) is 0. The van der Waals surface area contributed by atoms with Crippen molar-refractivity contribution in [2.75, 3.05) is 6.54 Å². The van der Waals surface area contributed by atoms with Gasteiger partial charge in [-0.2, -0.15) is 0 Å². The van der Waals surface area contributed by atoms with Crippen LogP contribution < -0.4 is 0 Å². The molecule has 1 aromatic carbocycles. The Morgan fingerprint density at radius 3 is 2.46 bits per heavy atom. The molecule has 0 unspecified atom stereocenters. The molecule has 1 saturated heterocycles. The lowest BCUT2D eigenvalue weighted by Gasteiger charge is -2.37. The van der Waals surface area contributed by atoms with Crippen LogP contribution in [0, 0.1) is 0 Å². The Bertz CT molecular complexity index is 630. The number of hydrogen-bond acceptors (Lipinski definition) is 6. The summed E-state index contributed by atoms with van der Waals surface area (Å²) in [6.07, 6.45) is -0.559. The SMILES string of the molecule is CC(=O)O[C@@H]1CC[C@@H](C(=O)OCc2ccccc2)N(C(=O)OC(C)C)C1. The summed E-state index contributed by atoms with van der Waals surface area (Å²) in [4.78, 5) is 37.4. The van der Waals surface area contributed by atoms with Gasteiger partial charge < -0.3 is 14.2 Å². The number of piperidine rings is 1. The molecule has 7 heteroatoms. The first-order valence-electron chi connectivity index (χ1n) is 8.72. The second kappa shape index (κ2) is 9.22. The molecule has 0 bridgehead atoms. The molecule has 26 heavy (non-hydrogen) atoms. The van der Waals surface area contributed by atoms with Gasteiger partial charge in [0, 0.05) is 6.92 Å². The molecule has 0 aromatic heterocycles. The average molecular weight is 363 g/mol. The third-order valence-corrected chi connectivity index (χ3v) is 3.94. The van der Waals surface area contributed by atoms with Crippen molar-refractivity contribution in [2.45, 2.75) is 58.5 Å². The minimum absolute atomic E-state index is 0.107. The van der Waals surface area contributed by atoms with Crippen molar-refractivity contribution in [3.05, 3.63) is 35.9 Å². The van der Waals surface area contributed by atoms with Crippen molar-refractivity contribution in [2.24, 2.45) is 0 Å². The molecule has 2 rings (SSSR count). The van der Waals surface area contributed by atoms with Gasteiger partial charge in [0.05, 0.1) is 12.6 Å². The maximum Gasteiger partial charge on any atom is 0.410 e. The number of benzene rings is 1. The molecule has 1 amide bonds. The van der Waals surface area contributed by atoms with Gasteiger partial charge in [-0.05, 0) is 32.3 Å². The second-order valence-electron chi connectivity index (χ2n) is 6.50. The highest BCUT2D eigenvalue weighted by Crippen LogP contribution is 2.22. The summed E-state index contributed by atoms with van der Waals surface area (Å²) in [5.74, 6) is -0.909. The van der Waals surface area contributed by atoms with Crippen LogP contribution >= 0.6 is 0 Å². The fourth-order valence-electron chi connectivity index (χ4n) is 2.81. The zero-order valence-corrected chi connectivity index (χ0v) is 15.3. The van der Waals surface area contributed by atoms with Crippen LogP contribution in [0.5, 0.6) is 0 Å². The fourth-order valence-corrected chi connectivity index (χ4v) is 2.81. The van der Waals surface area contributed by atoms with Gasteiger partial charge in [0.2, 0.25) is 0 Å². The van der Waals surface area contributed by atoms with Crippen molar-refractivity contribution in [1.29, 1.82) is 0 Å². The number of nitrogens with zero attached hydrogens (tertiary/aromatic N) is 1. The van der Waals surface area contributed by atoms with Gasteiger partial charge in [-0.3, -0.25) is 9.69 Å². The van der Waals surface area contributed by atoms with E-state index in [0.717, 1.165) is 5.56 Å². The van der Waals surface area contributed by atoms with Crippen molar-refractivity contribution >= 4 is 18.0 Å². The molecule has 2 atom stereocenters. The summed E-state index contributed by atoms with van der Waals surface area (Å²) in [5, 5.41) is 0. The highest BCUT2D eigenvalue weighted by Gasteiger charge is 2.39. The van der Waals surface area contributed by atoms with Crippen LogP contribution in [0.15, 0.2) is 30.3 Å². The molecule has 0 N–H and O–H groups in total. The maximum absolute atomic E-state index is 12.5. The molecule has 1 heterocycles. The molecule has 1 aromatic rings. The third kappa shape index (κ3) is 5.75. The highest BCUT2D eigenvalue weighted by atomic mass is 16.6. The Morgan fingerprint density at radius 1 is 1.15 bits per heavy atom. The van der Waals surface area contributed by atoms with Crippen LogP contribution in [0.25, 0.3) is 0 Å². The molecular formula is C19H25NO6. The molecule has 0 aliphatic carbocycles. The summed E-state index contributed by atoms with van der Waals surface area (Å²) >= 11 is 0.